The molecule has 1 aromatic carbocycles. The molecule has 2 atom stereocenters. The van der Waals surface area contributed by atoms with Crippen LogP contribution in [-0.4, -0.2) is 41.6 Å². The van der Waals surface area contributed by atoms with Gasteiger partial charge in [0.25, 0.3) is 5.78 Å². The van der Waals surface area contributed by atoms with Gasteiger partial charge in [-0.1, -0.05) is 0 Å². The molecule has 0 amide bonds. The highest BCUT2D eigenvalue weighted by molar-refractivity contribution is 6.63. The number of rotatable bonds is 1. The maximum absolute atomic E-state index is 12.8. The molecule has 0 aromatic heterocycles. The van der Waals surface area contributed by atoms with E-state index in [9.17, 15) is 24.3 Å². The van der Waals surface area contributed by atoms with Crippen LogP contribution in [-0.2, 0) is 25.5 Å². The molecular weight excluding hydrogens is 364 g/mol. The molecule has 0 radical (unpaired) electrons. The lowest BCUT2D eigenvalue weighted by Crippen LogP contribution is -2.27. The Balaban J connectivity index is 1.94. The third-order valence-corrected chi connectivity index (χ3v) is 5.56. The molecule has 1 aliphatic carbocycles. The average molecular weight is 388 g/mol. The van der Waals surface area contributed by atoms with Crippen LogP contribution in [0.1, 0.15) is 60.9 Å². The first-order valence-electron chi connectivity index (χ1n) is 9.62. The summed E-state index contributed by atoms with van der Waals surface area (Å²) in [5, 5.41) is 10.4. The van der Waals surface area contributed by atoms with E-state index in [0.717, 1.165) is 12.8 Å². The Kier molecular flexibility index (Phi) is 6.11. The molecule has 3 rings (SSSR count). The number of phenolic OH excluding ortho intramolecular Hbond substituents is 1. The van der Waals surface area contributed by atoms with E-state index < -0.39 is 23.3 Å². The molecule has 150 valence electrons. The number of Topliss-reactive ketones (excluding diaryl/α,β-unsaturated/α-hetero) is 3. The van der Waals surface area contributed by atoms with Gasteiger partial charge in [0.05, 0.1) is 7.11 Å². The van der Waals surface area contributed by atoms with Gasteiger partial charge >= 0.3 is 5.97 Å². The van der Waals surface area contributed by atoms with Gasteiger partial charge in [0, 0.05) is 18.9 Å². The molecule has 28 heavy (non-hydrogen) atoms. The molecule has 7 heteroatoms. The lowest BCUT2D eigenvalue weighted by molar-refractivity contribution is -0.144. The SMILES string of the molecule is COc1cc(O)c2c(c1)CCCC(=O)C(=O)C(=O)CC[C@H]1CCCC1OC2=O. The van der Waals surface area contributed by atoms with E-state index in [4.69, 9.17) is 9.47 Å². The summed E-state index contributed by atoms with van der Waals surface area (Å²) in [6.45, 7) is 0. The molecule has 1 N–H and O–H groups in total. The number of hydrogen-bond acceptors (Lipinski definition) is 7. The smallest absolute Gasteiger partial charge is 0.342 e. The van der Waals surface area contributed by atoms with Crippen molar-refractivity contribution in [3.05, 3.63) is 23.3 Å². The Morgan fingerprint density at radius 3 is 2.46 bits per heavy atom. The zero-order valence-corrected chi connectivity index (χ0v) is 15.9. The molecule has 1 aromatic rings. The lowest BCUT2D eigenvalue weighted by atomic mass is 9.94. The van der Waals surface area contributed by atoms with Crippen LogP contribution in [0.25, 0.3) is 0 Å². The topological polar surface area (TPSA) is 107 Å². The van der Waals surface area contributed by atoms with Gasteiger partial charge in [-0.15, -0.1) is 0 Å². The minimum absolute atomic E-state index is 0.0116. The van der Waals surface area contributed by atoms with Crippen LogP contribution in [0.4, 0.5) is 0 Å². The van der Waals surface area contributed by atoms with E-state index in [2.05, 4.69) is 0 Å². The van der Waals surface area contributed by atoms with Crippen LogP contribution in [0.2, 0.25) is 0 Å². The summed E-state index contributed by atoms with van der Waals surface area (Å²) >= 11 is 0. The highest BCUT2D eigenvalue weighted by Crippen LogP contribution is 2.35. The average Bonchev–Trinajstić information content (AvgIpc) is 3.10. The predicted octanol–water partition coefficient (Wildman–Crippen LogP) is 2.55. The molecule has 7 nitrogen and oxygen atoms in total. The highest BCUT2D eigenvalue weighted by atomic mass is 16.5. The Labute approximate surface area is 163 Å². The number of esters is 1. The van der Waals surface area contributed by atoms with Gasteiger partial charge in [-0.25, -0.2) is 4.79 Å². The van der Waals surface area contributed by atoms with Crippen molar-refractivity contribution in [3.8, 4) is 11.5 Å². The highest BCUT2D eigenvalue weighted by Gasteiger charge is 2.34. The van der Waals surface area contributed by atoms with E-state index in [0.29, 0.717) is 24.2 Å². The van der Waals surface area contributed by atoms with Crippen LogP contribution < -0.4 is 4.74 Å². The van der Waals surface area contributed by atoms with Gasteiger partial charge in [0.1, 0.15) is 23.2 Å². The fourth-order valence-electron chi connectivity index (χ4n) is 4.03. The maximum Gasteiger partial charge on any atom is 0.342 e. The predicted molar refractivity (Wildman–Crippen MR) is 98.4 cm³/mol. The van der Waals surface area contributed by atoms with Crippen molar-refractivity contribution < 1.29 is 33.8 Å². The van der Waals surface area contributed by atoms with Gasteiger partial charge in [-0.3, -0.25) is 14.4 Å². The summed E-state index contributed by atoms with van der Waals surface area (Å²) < 4.78 is 10.8. The van der Waals surface area contributed by atoms with Crippen molar-refractivity contribution in [1.29, 1.82) is 0 Å². The fourth-order valence-corrected chi connectivity index (χ4v) is 4.03. The first-order chi connectivity index (χ1) is 13.4. The third kappa shape index (κ3) is 4.24. The van der Waals surface area contributed by atoms with Gasteiger partial charge in [-0.2, -0.15) is 0 Å². The van der Waals surface area contributed by atoms with Gasteiger partial charge in [-0.05, 0) is 56.1 Å². The van der Waals surface area contributed by atoms with Crippen LogP contribution in [0.15, 0.2) is 12.1 Å². The maximum atomic E-state index is 12.8. The molecule has 1 heterocycles. The van der Waals surface area contributed by atoms with Gasteiger partial charge < -0.3 is 14.6 Å². The molecule has 1 saturated carbocycles. The van der Waals surface area contributed by atoms with Crippen molar-refractivity contribution >= 4 is 23.3 Å². The number of ether oxygens (including phenoxy) is 2. The van der Waals surface area contributed by atoms with Crippen LogP contribution >= 0.6 is 0 Å². The summed E-state index contributed by atoms with van der Waals surface area (Å²) in [6, 6.07) is 2.97. The monoisotopic (exact) mass is 388 g/mol. The second kappa shape index (κ2) is 8.54. The van der Waals surface area contributed by atoms with Crippen LogP contribution in [0.3, 0.4) is 0 Å². The molecule has 1 fully saturated rings. The lowest BCUT2D eigenvalue weighted by Gasteiger charge is -2.21. The number of hydrogen-bond donors (Lipinski definition) is 1. The van der Waals surface area contributed by atoms with Crippen molar-refractivity contribution in [2.24, 2.45) is 5.92 Å². The van der Waals surface area contributed by atoms with E-state index in [1.807, 2.05) is 0 Å². The molecule has 1 aliphatic heterocycles. The molecule has 0 bridgehead atoms. The second-order valence-corrected chi connectivity index (χ2v) is 7.38. The number of benzene rings is 1. The first-order valence-corrected chi connectivity index (χ1v) is 9.62. The second-order valence-electron chi connectivity index (χ2n) is 7.38. The summed E-state index contributed by atoms with van der Waals surface area (Å²) in [4.78, 5) is 48.9. The minimum atomic E-state index is -0.947. The number of phenols is 1. The van der Waals surface area contributed by atoms with Crippen LogP contribution in [0, 0.1) is 5.92 Å². The Morgan fingerprint density at radius 2 is 1.71 bits per heavy atom. The summed E-state index contributed by atoms with van der Waals surface area (Å²) in [6.07, 6.45) is 2.75. The zero-order valence-electron chi connectivity index (χ0n) is 15.9. The summed E-state index contributed by atoms with van der Waals surface area (Å²) in [7, 11) is 1.44. The summed E-state index contributed by atoms with van der Waals surface area (Å²) in [5.41, 5.74) is 0.554. The fraction of sp³-hybridized carbons (Fsp3) is 0.524. The molecule has 2 aliphatic rings. The molecule has 1 unspecified atom stereocenters. The van der Waals surface area contributed by atoms with Gasteiger partial charge in [0.15, 0.2) is 0 Å². The zero-order chi connectivity index (χ0) is 20.3. The standard InChI is InChI=1S/C21H24O7/c1-27-14-10-13-5-2-6-15(22)20(25)16(23)9-8-12-4-3-7-18(12)28-21(26)19(13)17(24)11-14/h10-12,18,24H,2-9H2,1H3/t12-,18?/m1/s1. The van der Waals surface area contributed by atoms with Crippen molar-refractivity contribution in [3.63, 3.8) is 0 Å². The van der Waals surface area contributed by atoms with E-state index in [-0.39, 0.29) is 49.0 Å². The summed E-state index contributed by atoms with van der Waals surface area (Å²) in [5.74, 6) is -2.84. The van der Waals surface area contributed by atoms with E-state index in [1.165, 1.54) is 13.2 Å². The Morgan fingerprint density at radius 1 is 0.964 bits per heavy atom. The largest absolute Gasteiger partial charge is 0.507 e. The Hall–Kier alpha value is -2.70. The van der Waals surface area contributed by atoms with Crippen molar-refractivity contribution in [2.75, 3.05) is 7.11 Å². The third-order valence-electron chi connectivity index (χ3n) is 5.56. The number of aryl methyl sites for hydroxylation is 1. The van der Waals surface area contributed by atoms with Crippen LogP contribution in [0.5, 0.6) is 11.5 Å². The number of fused-ring (bicyclic) bond motifs is 2. The van der Waals surface area contributed by atoms with Crippen molar-refractivity contribution in [2.45, 2.75) is 57.5 Å². The number of carbonyl (C=O) groups is 4. The van der Waals surface area contributed by atoms with E-state index in [1.54, 1.807) is 6.07 Å². The number of aromatic hydroxyl groups is 1. The Bertz CT molecular complexity index is 811. The normalized spacial score (nSPS) is 24.2. The number of ketones is 3. The molecular formula is C21H24O7. The minimum Gasteiger partial charge on any atom is -0.507 e. The quantitative estimate of drug-likeness (QED) is 0.582. The molecule has 0 spiro atoms. The number of carbonyl (C=O) groups excluding carboxylic acids is 4. The molecule has 0 saturated heterocycles. The first kappa shape index (κ1) is 20.0. The van der Waals surface area contributed by atoms with E-state index >= 15 is 0 Å². The van der Waals surface area contributed by atoms with Crippen molar-refractivity contribution in [1.82, 2.24) is 0 Å². The van der Waals surface area contributed by atoms with Gasteiger partial charge in [0.2, 0.25) is 11.6 Å². The number of methoxy groups -OCH3 is 1.